The Bertz CT molecular complexity index is 560. The van der Waals surface area contributed by atoms with E-state index < -0.39 is 6.61 Å². The third-order valence-corrected chi connectivity index (χ3v) is 3.94. The number of aryl methyl sites for hydroxylation is 1. The predicted octanol–water partition coefficient (Wildman–Crippen LogP) is 3.90. The first kappa shape index (κ1) is 14.9. The molecular formula is C14H16F2N2OS. The van der Waals surface area contributed by atoms with Crippen molar-refractivity contribution in [2.45, 2.75) is 33.0 Å². The minimum atomic E-state index is -2.81. The summed E-state index contributed by atoms with van der Waals surface area (Å²) in [6.45, 7) is 1.57. The fraction of sp³-hybridized carbons (Fsp3) is 0.357. The molecule has 1 heterocycles. The maximum absolute atomic E-state index is 12.3. The lowest BCUT2D eigenvalue weighted by molar-refractivity contribution is -0.0505. The molecule has 0 aliphatic carbocycles. The van der Waals surface area contributed by atoms with Crippen LogP contribution in [0.5, 0.6) is 5.75 Å². The predicted molar refractivity (Wildman–Crippen MR) is 75.2 cm³/mol. The number of hydrogen-bond acceptors (Lipinski definition) is 4. The van der Waals surface area contributed by atoms with E-state index in [0.29, 0.717) is 12.1 Å². The fourth-order valence-corrected chi connectivity index (χ4v) is 2.61. The molecule has 20 heavy (non-hydrogen) atoms. The molecule has 0 saturated carbocycles. The second-order valence-corrected chi connectivity index (χ2v) is 5.31. The summed E-state index contributed by atoms with van der Waals surface area (Å²) in [5, 5.41) is 6.23. The molecule has 0 amide bonds. The molecule has 1 unspecified atom stereocenters. The molecule has 1 aromatic heterocycles. The van der Waals surface area contributed by atoms with E-state index in [-0.39, 0.29) is 11.8 Å². The molecule has 108 valence electrons. The summed E-state index contributed by atoms with van der Waals surface area (Å²) < 4.78 is 29.1. The first-order chi connectivity index (χ1) is 9.56. The highest BCUT2D eigenvalue weighted by Gasteiger charge is 2.12. The molecule has 1 atom stereocenters. The van der Waals surface area contributed by atoms with E-state index in [2.05, 4.69) is 15.0 Å². The van der Waals surface area contributed by atoms with Gasteiger partial charge in [-0.2, -0.15) is 8.78 Å². The number of aromatic nitrogens is 1. The fourth-order valence-electron chi connectivity index (χ4n) is 1.78. The summed E-state index contributed by atoms with van der Waals surface area (Å²) in [6.07, 6.45) is 0. The summed E-state index contributed by atoms with van der Waals surface area (Å²) in [6, 6.07) is 6.85. The van der Waals surface area contributed by atoms with Crippen molar-refractivity contribution in [2.75, 3.05) is 0 Å². The van der Waals surface area contributed by atoms with E-state index >= 15 is 0 Å². The van der Waals surface area contributed by atoms with E-state index in [1.54, 1.807) is 35.6 Å². The Morgan fingerprint density at radius 1 is 1.35 bits per heavy atom. The first-order valence-corrected chi connectivity index (χ1v) is 7.12. The molecule has 0 aliphatic heterocycles. The van der Waals surface area contributed by atoms with Gasteiger partial charge >= 0.3 is 6.61 Å². The minimum absolute atomic E-state index is 0.0632. The highest BCUT2D eigenvalue weighted by molar-refractivity contribution is 7.09. The van der Waals surface area contributed by atoms with Crippen molar-refractivity contribution >= 4 is 11.3 Å². The van der Waals surface area contributed by atoms with Gasteiger partial charge in [-0.25, -0.2) is 4.98 Å². The van der Waals surface area contributed by atoms with Crippen LogP contribution in [0.4, 0.5) is 8.78 Å². The molecule has 6 heteroatoms. The number of nitrogens with one attached hydrogen (secondary N) is 1. The summed E-state index contributed by atoms with van der Waals surface area (Å²) in [4.78, 5) is 4.40. The number of hydrogen-bond donors (Lipinski definition) is 1. The number of halogens is 2. The zero-order valence-corrected chi connectivity index (χ0v) is 12.1. The highest BCUT2D eigenvalue weighted by Crippen LogP contribution is 2.22. The standard InChI is InChI=1S/C14H16F2N2OS/c1-9-8-20-13(18-9)10(2)17-7-11-5-3-4-6-12(11)19-14(15)16/h3-6,8,10,14,17H,7H2,1-2H3. The maximum Gasteiger partial charge on any atom is 0.387 e. The van der Waals surface area contributed by atoms with Gasteiger partial charge in [-0.15, -0.1) is 11.3 Å². The molecule has 3 nitrogen and oxygen atoms in total. The lowest BCUT2D eigenvalue weighted by Crippen LogP contribution is -2.19. The van der Waals surface area contributed by atoms with Crippen molar-refractivity contribution in [2.24, 2.45) is 0 Å². The van der Waals surface area contributed by atoms with Crippen molar-refractivity contribution in [3.63, 3.8) is 0 Å². The van der Waals surface area contributed by atoms with Gasteiger partial charge in [0.15, 0.2) is 0 Å². The van der Waals surface area contributed by atoms with E-state index in [9.17, 15) is 8.78 Å². The van der Waals surface area contributed by atoms with Crippen molar-refractivity contribution < 1.29 is 13.5 Å². The van der Waals surface area contributed by atoms with Crippen LogP contribution in [0.1, 0.15) is 29.2 Å². The second kappa shape index (κ2) is 6.76. The smallest absolute Gasteiger partial charge is 0.387 e. The molecule has 1 aromatic carbocycles. The van der Waals surface area contributed by atoms with Crippen molar-refractivity contribution in [3.8, 4) is 5.75 Å². The molecule has 0 spiro atoms. The number of ether oxygens (including phenoxy) is 1. The first-order valence-electron chi connectivity index (χ1n) is 6.24. The summed E-state index contributed by atoms with van der Waals surface area (Å²) in [7, 11) is 0. The van der Waals surface area contributed by atoms with E-state index in [1.807, 2.05) is 19.2 Å². The molecule has 0 aliphatic rings. The Morgan fingerprint density at radius 2 is 2.10 bits per heavy atom. The number of alkyl halides is 2. The minimum Gasteiger partial charge on any atom is -0.434 e. The average molecular weight is 298 g/mol. The molecule has 0 bridgehead atoms. The molecule has 2 rings (SSSR count). The van der Waals surface area contributed by atoms with Crippen molar-refractivity contribution in [1.82, 2.24) is 10.3 Å². The maximum atomic E-state index is 12.3. The van der Waals surface area contributed by atoms with Gasteiger partial charge in [-0.3, -0.25) is 0 Å². The van der Waals surface area contributed by atoms with Crippen LogP contribution in [0.25, 0.3) is 0 Å². The lowest BCUT2D eigenvalue weighted by atomic mass is 10.2. The van der Waals surface area contributed by atoms with Gasteiger partial charge in [0.1, 0.15) is 10.8 Å². The van der Waals surface area contributed by atoms with Crippen molar-refractivity contribution in [3.05, 3.63) is 45.9 Å². The zero-order valence-electron chi connectivity index (χ0n) is 11.3. The van der Waals surface area contributed by atoms with Gasteiger partial charge in [0, 0.05) is 23.2 Å². The molecular weight excluding hydrogens is 282 g/mol. The summed E-state index contributed by atoms with van der Waals surface area (Å²) in [5.74, 6) is 0.206. The monoisotopic (exact) mass is 298 g/mol. The Kier molecular flexibility index (Phi) is 5.03. The molecule has 0 fully saturated rings. The van der Waals surface area contributed by atoms with Gasteiger partial charge in [-0.05, 0) is 19.9 Å². The zero-order chi connectivity index (χ0) is 14.5. The van der Waals surface area contributed by atoms with Gasteiger partial charge in [0.2, 0.25) is 0 Å². The van der Waals surface area contributed by atoms with Crippen LogP contribution >= 0.6 is 11.3 Å². The highest BCUT2D eigenvalue weighted by atomic mass is 32.1. The van der Waals surface area contributed by atoms with Crippen LogP contribution in [-0.2, 0) is 6.54 Å². The van der Waals surface area contributed by atoms with Crippen LogP contribution in [-0.4, -0.2) is 11.6 Å². The summed E-state index contributed by atoms with van der Waals surface area (Å²) >= 11 is 1.58. The summed E-state index contributed by atoms with van der Waals surface area (Å²) in [5.41, 5.74) is 1.69. The number of para-hydroxylation sites is 1. The van der Waals surface area contributed by atoms with E-state index in [1.165, 1.54) is 0 Å². The third kappa shape index (κ3) is 3.98. The van der Waals surface area contributed by atoms with Crippen LogP contribution in [0.15, 0.2) is 29.6 Å². The average Bonchev–Trinajstić information content (AvgIpc) is 2.83. The largest absolute Gasteiger partial charge is 0.434 e. The van der Waals surface area contributed by atoms with Gasteiger partial charge in [0.25, 0.3) is 0 Å². The van der Waals surface area contributed by atoms with Crippen LogP contribution in [0.3, 0.4) is 0 Å². The Labute approximate surface area is 120 Å². The van der Waals surface area contributed by atoms with Crippen LogP contribution in [0, 0.1) is 6.92 Å². The number of nitrogens with zero attached hydrogens (tertiary/aromatic N) is 1. The Hall–Kier alpha value is -1.53. The number of thiazole rings is 1. The number of rotatable bonds is 6. The molecule has 1 N–H and O–H groups in total. The SMILES string of the molecule is Cc1csc(C(C)NCc2ccccc2OC(F)F)n1. The third-order valence-electron chi connectivity index (χ3n) is 2.79. The van der Waals surface area contributed by atoms with Crippen LogP contribution in [0.2, 0.25) is 0 Å². The van der Waals surface area contributed by atoms with E-state index in [4.69, 9.17) is 0 Å². The Balaban J connectivity index is 2.00. The second-order valence-electron chi connectivity index (χ2n) is 4.42. The van der Waals surface area contributed by atoms with E-state index in [0.717, 1.165) is 10.7 Å². The van der Waals surface area contributed by atoms with Gasteiger partial charge < -0.3 is 10.1 Å². The topological polar surface area (TPSA) is 34.1 Å². The van der Waals surface area contributed by atoms with Gasteiger partial charge in [-0.1, -0.05) is 18.2 Å². The van der Waals surface area contributed by atoms with Crippen molar-refractivity contribution in [1.29, 1.82) is 0 Å². The number of benzene rings is 1. The molecule has 2 aromatic rings. The normalized spacial score (nSPS) is 12.7. The quantitative estimate of drug-likeness (QED) is 0.878. The van der Waals surface area contributed by atoms with Gasteiger partial charge in [0.05, 0.1) is 6.04 Å². The Morgan fingerprint density at radius 3 is 2.75 bits per heavy atom. The molecule has 0 radical (unpaired) electrons. The molecule has 0 saturated heterocycles. The lowest BCUT2D eigenvalue weighted by Gasteiger charge is -2.14. The van der Waals surface area contributed by atoms with Crippen LogP contribution < -0.4 is 10.1 Å².